The minimum absolute atomic E-state index is 0.0267. The van der Waals surface area contributed by atoms with Gasteiger partial charge in [0.05, 0.1) is 5.92 Å². The molecule has 2 amide bonds. The molecule has 2 aromatic rings. The van der Waals surface area contributed by atoms with Crippen LogP contribution in [0.25, 0.3) is 10.9 Å². The number of rotatable bonds is 2. The van der Waals surface area contributed by atoms with Crippen molar-refractivity contribution in [3.05, 3.63) is 36.0 Å². The number of carbonyl (C=O) groups is 2. The smallest absolute Gasteiger partial charge is 0.254 e. The van der Waals surface area contributed by atoms with E-state index >= 15 is 0 Å². The molecule has 3 rings (SSSR count). The number of nitrogens with zero attached hydrogens (tertiary/aromatic N) is 1. The van der Waals surface area contributed by atoms with E-state index in [1.165, 1.54) is 0 Å². The predicted molar refractivity (Wildman–Crippen MR) is 76.1 cm³/mol. The molecule has 1 atom stereocenters. The monoisotopic (exact) mass is 271 g/mol. The first-order chi connectivity index (χ1) is 9.66. The van der Waals surface area contributed by atoms with Crippen LogP contribution < -0.4 is 5.73 Å². The molecular weight excluding hydrogens is 254 g/mol. The molecule has 5 heteroatoms. The molecule has 3 N–H and O–H groups in total. The van der Waals surface area contributed by atoms with Crippen LogP contribution in [0, 0.1) is 5.92 Å². The summed E-state index contributed by atoms with van der Waals surface area (Å²) in [5.41, 5.74) is 6.98. The number of likely N-dealkylation sites (tertiary alicyclic amines) is 1. The maximum atomic E-state index is 12.6. The highest BCUT2D eigenvalue weighted by Gasteiger charge is 2.28. The lowest BCUT2D eigenvalue weighted by Crippen LogP contribution is -2.44. The molecule has 20 heavy (non-hydrogen) atoms. The van der Waals surface area contributed by atoms with Crippen molar-refractivity contribution >= 4 is 22.7 Å². The Kier molecular flexibility index (Phi) is 3.18. The van der Waals surface area contributed by atoms with E-state index in [0.29, 0.717) is 18.7 Å². The van der Waals surface area contributed by atoms with Crippen LogP contribution in [0.5, 0.6) is 0 Å². The number of piperidine rings is 1. The summed E-state index contributed by atoms with van der Waals surface area (Å²) in [6, 6.07) is 7.53. The van der Waals surface area contributed by atoms with E-state index in [-0.39, 0.29) is 17.7 Å². The molecule has 104 valence electrons. The highest BCUT2D eigenvalue weighted by molar-refractivity contribution is 6.06. The van der Waals surface area contributed by atoms with E-state index < -0.39 is 0 Å². The second kappa shape index (κ2) is 5.00. The Morgan fingerprint density at radius 2 is 2.15 bits per heavy atom. The predicted octanol–water partition coefficient (Wildman–Crippen LogP) is 1.51. The number of fused-ring (bicyclic) bond motifs is 1. The van der Waals surface area contributed by atoms with Gasteiger partial charge in [0.1, 0.15) is 0 Å². The Bertz CT molecular complexity index is 662. The van der Waals surface area contributed by atoms with E-state index in [9.17, 15) is 9.59 Å². The van der Waals surface area contributed by atoms with Crippen LogP contribution in [0.15, 0.2) is 30.5 Å². The van der Waals surface area contributed by atoms with E-state index in [1.807, 2.05) is 30.5 Å². The molecule has 1 aliphatic rings. The first-order valence-electron chi connectivity index (χ1n) is 6.81. The minimum Gasteiger partial charge on any atom is -0.369 e. The quantitative estimate of drug-likeness (QED) is 0.868. The van der Waals surface area contributed by atoms with Crippen molar-refractivity contribution in [3.8, 4) is 0 Å². The van der Waals surface area contributed by atoms with Gasteiger partial charge >= 0.3 is 0 Å². The third kappa shape index (κ3) is 2.15. The zero-order valence-corrected chi connectivity index (χ0v) is 11.1. The van der Waals surface area contributed by atoms with Crippen molar-refractivity contribution in [2.24, 2.45) is 11.7 Å². The molecule has 2 heterocycles. The first kappa shape index (κ1) is 12.7. The van der Waals surface area contributed by atoms with Crippen molar-refractivity contribution in [2.45, 2.75) is 12.8 Å². The van der Waals surface area contributed by atoms with Gasteiger partial charge in [-0.1, -0.05) is 6.07 Å². The molecule has 1 aliphatic heterocycles. The Morgan fingerprint density at radius 1 is 1.30 bits per heavy atom. The summed E-state index contributed by atoms with van der Waals surface area (Å²) < 4.78 is 0. The Labute approximate surface area is 116 Å². The summed E-state index contributed by atoms with van der Waals surface area (Å²) in [6.07, 6.45) is 3.42. The molecule has 0 bridgehead atoms. The molecule has 1 fully saturated rings. The number of hydrogen-bond acceptors (Lipinski definition) is 2. The van der Waals surface area contributed by atoms with Gasteiger partial charge in [-0.05, 0) is 31.0 Å². The second-order valence-electron chi connectivity index (χ2n) is 5.24. The number of benzene rings is 1. The minimum atomic E-state index is -0.317. The Balaban J connectivity index is 1.88. The third-order valence-electron chi connectivity index (χ3n) is 3.94. The van der Waals surface area contributed by atoms with Crippen molar-refractivity contribution in [2.75, 3.05) is 13.1 Å². The molecule has 0 spiro atoms. The largest absolute Gasteiger partial charge is 0.369 e. The van der Waals surface area contributed by atoms with Gasteiger partial charge in [-0.2, -0.15) is 0 Å². The van der Waals surface area contributed by atoms with Gasteiger partial charge in [-0.15, -0.1) is 0 Å². The number of hydrogen-bond donors (Lipinski definition) is 2. The van der Waals surface area contributed by atoms with Crippen molar-refractivity contribution in [3.63, 3.8) is 0 Å². The fourth-order valence-corrected chi connectivity index (χ4v) is 2.84. The average Bonchev–Trinajstić information content (AvgIpc) is 2.95. The molecule has 1 aromatic carbocycles. The number of aromatic amines is 1. The normalized spacial score (nSPS) is 19.2. The van der Waals surface area contributed by atoms with Gasteiger partial charge in [-0.25, -0.2) is 0 Å². The summed E-state index contributed by atoms with van der Waals surface area (Å²) >= 11 is 0. The fraction of sp³-hybridized carbons (Fsp3) is 0.333. The van der Waals surface area contributed by atoms with Gasteiger partial charge in [0.2, 0.25) is 5.91 Å². The van der Waals surface area contributed by atoms with E-state index in [0.717, 1.165) is 23.7 Å². The number of aromatic nitrogens is 1. The van der Waals surface area contributed by atoms with Crippen LogP contribution in [-0.4, -0.2) is 34.8 Å². The molecule has 0 radical (unpaired) electrons. The lowest BCUT2D eigenvalue weighted by Gasteiger charge is -2.31. The third-order valence-corrected chi connectivity index (χ3v) is 3.94. The lowest BCUT2D eigenvalue weighted by molar-refractivity contribution is -0.123. The van der Waals surface area contributed by atoms with Crippen molar-refractivity contribution in [1.82, 2.24) is 9.88 Å². The van der Waals surface area contributed by atoms with Crippen LogP contribution in [0.1, 0.15) is 23.2 Å². The number of nitrogens with two attached hydrogens (primary N) is 1. The Morgan fingerprint density at radius 3 is 2.95 bits per heavy atom. The summed E-state index contributed by atoms with van der Waals surface area (Å²) in [5.74, 6) is -0.568. The van der Waals surface area contributed by atoms with Gasteiger partial charge < -0.3 is 15.6 Å². The van der Waals surface area contributed by atoms with Crippen LogP contribution in [0.3, 0.4) is 0 Å². The van der Waals surface area contributed by atoms with Crippen molar-refractivity contribution < 1.29 is 9.59 Å². The molecule has 0 aliphatic carbocycles. The van der Waals surface area contributed by atoms with E-state index in [1.54, 1.807) is 4.90 Å². The summed E-state index contributed by atoms with van der Waals surface area (Å²) in [4.78, 5) is 28.8. The van der Waals surface area contributed by atoms with Crippen LogP contribution in [0.2, 0.25) is 0 Å². The highest BCUT2D eigenvalue weighted by Crippen LogP contribution is 2.22. The maximum absolute atomic E-state index is 12.6. The van der Waals surface area contributed by atoms with E-state index in [4.69, 9.17) is 5.73 Å². The van der Waals surface area contributed by atoms with Crippen LogP contribution in [0.4, 0.5) is 0 Å². The molecule has 0 saturated carbocycles. The molecular formula is C15H17N3O2. The SMILES string of the molecule is NC(=O)C1CCCN(C(=O)c2cccc3[nH]ccc23)C1. The van der Waals surface area contributed by atoms with Crippen molar-refractivity contribution in [1.29, 1.82) is 0 Å². The summed E-state index contributed by atoms with van der Waals surface area (Å²) in [5, 5.41) is 0.915. The van der Waals surface area contributed by atoms with Crippen LogP contribution in [-0.2, 0) is 4.79 Å². The van der Waals surface area contributed by atoms with Gasteiger partial charge in [0.25, 0.3) is 5.91 Å². The standard InChI is InChI=1S/C15H17N3O2/c16-14(19)10-3-2-8-18(9-10)15(20)12-4-1-5-13-11(12)6-7-17-13/h1,4-7,10,17H,2-3,8-9H2,(H2,16,19). The molecule has 1 saturated heterocycles. The summed E-state index contributed by atoms with van der Waals surface area (Å²) in [7, 11) is 0. The zero-order chi connectivity index (χ0) is 14.1. The zero-order valence-electron chi connectivity index (χ0n) is 11.1. The van der Waals surface area contributed by atoms with Gasteiger partial charge in [0, 0.05) is 35.8 Å². The topological polar surface area (TPSA) is 79.2 Å². The van der Waals surface area contributed by atoms with Gasteiger partial charge in [-0.3, -0.25) is 9.59 Å². The highest BCUT2D eigenvalue weighted by atomic mass is 16.2. The summed E-state index contributed by atoms with van der Waals surface area (Å²) in [6.45, 7) is 1.11. The van der Waals surface area contributed by atoms with Crippen LogP contribution >= 0.6 is 0 Å². The number of primary amides is 1. The number of amides is 2. The molecule has 5 nitrogen and oxygen atoms in total. The Hall–Kier alpha value is -2.30. The van der Waals surface area contributed by atoms with Gasteiger partial charge in [0.15, 0.2) is 0 Å². The first-order valence-corrected chi connectivity index (χ1v) is 6.81. The fourth-order valence-electron chi connectivity index (χ4n) is 2.84. The maximum Gasteiger partial charge on any atom is 0.254 e. The average molecular weight is 271 g/mol. The lowest BCUT2D eigenvalue weighted by atomic mass is 9.96. The second-order valence-corrected chi connectivity index (χ2v) is 5.24. The molecule has 1 unspecified atom stereocenters. The molecule has 1 aromatic heterocycles. The number of H-pyrrole nitrogens is 1. The van der Waals surface area contributed by atoms with E-state index in [2.05, 4.69) is 4.98 Å². The number of nitrogens with one attached hydrogen (secondary N) is 1. The number of carbonyl (C=O) groups excluding carboxylic acids is 2.